The van der Waals surface area contributed by atoms with Crippen LogP contribution in [0.25, 0.3) is 60.7 Å². The highest BCUT2D eigenvalue weighted by atomic mass is 15.1. The molecule has 0 radical (unpaired) electrons. The highest BCUT2D eigenvalue weighted by Gasteiger charge is 2.30. The third-order valence-electron chi connectivity index (χ3n) is 7.98. The molecule has 0 amide bonds. The number of rotatable bonds is 0. The SMILES string of the molecule is c1ccc2c(c1)Cc1ccc3c(c1-2)-c1ccc2c4ccncc4n4c5cccnc5nc4c2c1C3. The van der Waals surface area contributed by atoms with Gasteiger partial charge in [-0.15, -0.1) is 0 Å². The first-order chi connectivity index (χ1) is 17.4. The van der Waals surface area contributed by atoms with E-state index in [9.17, 15) is 0 Å². The van der Waals surface area contributed by atoms with Crippen molar-refractivity contribution in [1.29, 1.82) is 0 Å². The lowest BCUT2D eigenvalue weighted by atomic mass is 9.92. The lowest BCUT2D eigenvalue weighted by Crippen LogP contribution is -1.95. The lowest BCUT2D eigenvalue weighted by molar-refractivity contribution is 1.23. The van der Waals surface area contributed by atoms with Gasteiger partial charge in [0.05, 0.1) is 17.2 Å². The second-order valence-corrected chi connectivity index (χ2v) is 9.67. The average molecular weight is 447 g/mol. The number of aromatic nitrogens is 4. The highest BCUT2D eigenvalue weighted by Crippen LogP contribution is 2.51. The molecule has 7 aromatic rings. The topological polar surface area (TPSA) is 43.1 Å². The number of nitrogens with zero attached hydrogens (tertiary/aromatic N) is 4. The van der Waals surface area contributed by atoms with Crippen LogP contribution in [0.1, 0.15) is 22.3 Å². The van der Waals surface area contributed by atoms with Crippen molar-refractivity contribution >= 4 is 38.5 Å². The van der Waals surface area contributed by atoms with Gasteiger partial charge in [0.2, 0.25) is 0 Å². The molecule has 4 heteroatoms. The molecule has 4 heterocycles. The van der Waals surface area contributed by atoms with Gasteiger partial charge in [0.15, 0.2) is 5.65 Å². The Kier molecular flexibility index (Phi) is 3.11. The molecule has 0 spiro atoms. The van der Waals surface area contributed by atoms with E-state index in [2.05, 4.69) is 75.0 Å². The molecule has 0 saturated heterocycles. The second-order valence-electron chi connectivity index (χ2n) is 9.67. The molecule has 9 rings (SSSR count). The van der Waals surface area contributed by atoms with Crippen LogP contribution in [0.15, 0.2) is 85.3 Å². The van der Waals surface area contributed by atoms with E-state index in [1.54, 1.807) is 0 Å². The molecule has 162 valence electrons. The van der Waals surface area contributed by atoms with Crippen LogP contribution in [-0.2, 0) is 12.8 Å². The maximum Gasteiger partial charge on any atom is 0.178 e. The van der Waals surface area contributed by atoms with Crippen molar-refractivity contribution < 1.29 is 0 Å². The molecule has 35 heavy (non-hydrogen) atoms. The van der Waals surface area contributed by atoms with E-state index in [1.807, 2.05) is 24.7 Å². The Morgan fingerprint density at radius 3 is 2.51 bits per heavy atom. The van der Waals surface area contributed by atoms with E-state index in [0.717, 1.165) is 35.2 Å². The maximum absolute atomic E-state index is 5.07. The Hall–Kier alpha value is -4.57. The summed E-state index contributed by atoms with van der Waals surface area (Å²) in [6.45, 7) is 0. The lowest BCUT2D eigenvalue weighted by Gasteiger charge is -2.13. The normalized spacial score (nSPS) is 13.5. The van der Waals surface area contributed by atoms with Gasteiger partial charge in [0, 0.05) is 23.2 Å². The Labute approximate surface area is 200 Å². The Morgan fingerprint density at radius 1 is 0.657 bits per heavy atom. The van der Waals surface area contributed by atoms with Gasteiger partial charge >= 0.3 is 0 Å². The van der Waals surface area contributed by atoms with E-state index in [-0.39, 0.29) is 0 Å². The zero-order chi connectivity index (χ0) is 22.7. The summed E-state index contributed by atoms with van der Waals surface area (Å²) >= 11 is 0. The summed E-state index contributed by atoms with van der Waals surface area (Å²) in [7, 11) is 0. The van der Waals surface area contributed by atoms with E-state index in [0.29, 0.717) is 0 Å². The van der Waals surface area contributed by atoms with Gasteiger partial charge in [-0.2, -0.15) is 0 Å². The minimum Gasteiger partial charge on any atom is -0.288 e. The van der Waals surface area contributed by atoms with Gasteiger partial charge in [-0.05, 0) is 80.9 Å². The van der Waals surface area contributed by atoms with E-state index in [4.69, 9.17) is 4.98 Å². The molecule has 4 nitrogen and oxygen atoms in total. The number of benzene rings is 3. The summed E-state index contributed by atoms with van der Waals surface area (Å²) in [6, 6.07) is 24.4. The third-order valence-corrected chi connectivity index (χ3v) is 7.98. The molecule has 0 N–H and O–H groups in total. The minimum atomic E-state index is 0.771. The van der Waals surface area contributed by atoms with Gasteiger partial charge in [0.25, 0.3) is 0 Å². The molecular formula is C31H18N4. The van der Waals surface area contributed by atoms with Crippen LogP contribution in [0.2, 0.25) is 0 Å². The highest BCUT2D eigenvalue weighted by molar-refractivity contribution is 6.17. The fraction of sp³-hybridized carbons (Fsp3) is 0.0645. The van der Waals surface area contributed by atoms with Crippen molar-refractivity contribution in [2.45, 2.75) is 12.8 Å². The predicted octanol–water partition coefficient (Wildman–Crippen LogP) is 6.73. The smallest absolute Gasteiger partial charge is 0.178 e. The van der Waals surface area contributed by atoms with Gasteiger partial charge < -0.3 is 0 Å². The molecule has 0 aliphatic heterocycles. The summed E-state index contributed by atoms with van der Waals surface area (Å²) < 4.78 is 2.25. The van der Waals surface area contributed by atoms with Crippen molar-refractivity contribution in [2.24, 2.45) is 0 Å². The predicted molar refractivity (Wildman–Crippen MR) is 140 cm³/mol. The fourth-order valence-electron chi connectivity index (χ4n) is 6.58. The summed E-state index contributed by atoms with van der Waals surface area (Å²) in [6.07, 6.45) is 7.58. The van der Waals surface area contributed by atoms with Gasteiger partial charge in [-0.3, -0.25) is 9.38 Å². The van der Waals surface area contributed by atoms with Crippen LogP contribution in [0.3, 0.4) is 0 Å². The van der Waals surface area contributed by atoms with Crippen LogP contribution in [0.5, 0.6) is 0 Å². The summed E-state index contributed by atoms with van der Waals surface area (Å²) in [5.74, 6) is 0. The first kappa shape index (κ1) is 17.8. The van der Waals surface area contributed by atoms with Crippen LogP contribution in [0, 0.1) is 0 Å². The number of imidazole rings is 1. The van der Waals surface area contributed by atoms with E-state index < -0.39 is 0 Å². The summed E-state index contributed by atoms with van der Waals surface area (Å²) in [5.41, 5.74) is 15.0. The van der Waals surface area contributed by atoms with Crippen molar-refractivity contribution in [3.63, 3.8) is 0 Å². The largest absolute Gasteiger partial charge is 0.288 e. The van der Waals surface area contributed by atoms with Gasteiger partial charge in [-0.25, -0.2) is 9.97 Å². The van der Waals surface area contributed by atoms with E-state index in [1.165, 1.54) is 60.7 Å². The molecule has 2 aliphatic rings. The van der Waals surface area contributed by atoms with E-state index >= 15 is 0 Å². The quantitative estimate of drug-likeness (QED) is 0.243. The summed E-state index contributed by atoms with van der Waals surface area (Å²) in [4.78, 5) is 14.1. The Morgan fingerprint density at radius 2 is 1.54 bits per heavy atom. The number of fused-ring (bicyclic) bond motifs is 16. The molecule has 0 fully saturated rings. The molecular weight excluding hydrogens is 428 g/mol. The van der Waals surface area contributed by atoms with Crippen LogP contribution < -0.4 is 0 Å². The van der Waals surface area contributed by atoms with Crippen LogP contribution in [0.4, 0.5) is 0 Å². The molecule has 0 saturated carbocycles. The van der Waals surface area contributed by atoms with Crippen molar-refractivity contribution in [2.75, 3.05) is 0 Å². The number of hydrogen-bond donors (Lipinski definition) is 0. The second kappa shape index (κ2) is 6.10. The Balaban J connectivity index is 1.47. The van der Waals surface area contributed by atoms with Gasteiger partial charge in [0.1, 0.15) is 5.65 Å². The Bertz CT molecular complexity index is 2070. The molecule has 4 aromatic heterocycles. The molecule has 0 atom stereocenters. The first-order valence-corrected chi connectivity index (χ1v) is 12.0. The zero-order valence-corrected chi connectivity index (χ0v) is 18.8. The average Bonchev–Trinajstić information content (AvgIpc) is 3.59. The third kappa shape index (κ3) is 2.11. The minimum absolute atomic E-state index is 0.771. The molecule has 2 aliphatic carbocycles. The number of hydrogen-bond acceptors (Lipinski definition) is 3. The van der Waals surface area contributed by atoms with Crippen LogP contribution in [-0.4, -0.2) is 19.4 Å². The van der Waals surface area contributed by atoms with Gasteiger partial charge in [-0.1, -0.05) is 48.5 Å². The van der Waals surface area contributed by atoms with Crippen molar-refractivity contribution in [3.8, 4) is 22.3 Å². The number of pyridine rings is 3. The van der Waals surface area contributed by atoms with Crippen molar-refractivity contribution in [1.82, 2.24) is 19.4 Å². The molecule has 0 unspecified atom stereocenters. The summed E-state index contributed by atoms with van der Waals surface area (Å²) in [5, 5.41) is 3.66. The standard InChI is InChI=1S/C31H18N4/c1-2-5-20-17(4-1)14-18-7-8-19-15-24-23(28(19)27(18)20)10-9-22-21-11-13-32-16-26(21)35-25-6-3-12-33-30(25)34-31(35)29(22)24/h1-13,16H,14-15H2. The molecule has 3 aromatic carbocycles. The van der Waals surface area contributed by atoms with Crippen molar-refractivity contribution in [3.05, 3.63) is 108 Å². The fourth-order valence-corrected chi connectivity index (χ4v) is 6.58. The van der Waals surface area contributed by atoms with Crippen LogP contribution >= 0.6 is 0 Å². The maximum atomic E-state index is 5.07. The molecule has 0 bridgehead atoms. The first-order valence-electron chi connectivity index (χ1n) is 12.0. The monoisotopic (exact) mass is 446 g/mol. The zero-order valence-electron chi connectivity index (χ0n) is 18.8.